The van der Waals surface area contributed by atoms with E-state index >= 15 is 0 Å². The number of carboxylic acids is 1. The Labute approximate surface area is 217 Å². The lowest BCUT2D eigenvalue weighted by Gasteiger charge is -2.33. The van der Waals surface area contributed by atoms with E-state index in [1.165, 1.54) is 16.9 Å². The van der Waals surface area contributed by atoms with Gasteiger partial charge in [0.2, 0.25) is 5.82 Å². The highest BCUT2D eigenvalue weighted by molar-refractivity contribution is 5.94. The number of hydrogen-bond donors (Lipinski definition) is 1. The van der Waals surface area contributed by atoms with E-state index in [2.05, 4.69) is 30.9 Å². The molecule has 0 bridgehead atoms. The van der Waals surface area contributed by atoms with Crippen LogP contribution >= 0.6 is 0 Å². The van der Waals surface area contributed by atoms with E-state index in [0.29, 0.717) is 5.82 Å². The smallest absolute Gasteiger partial charge is 0.326 e. The first-order chi connectivity index (χ1) is 18.0. The minimum atomic E-state index is -1.04. The topological polar surface area (TPSA) is 88.3 Å². The van der Waals surface area contributed by atoms with Gasteiger partial charge >= 0.3 is 5.97 Å². The minimum absolute atomic E-state index is 0.0240. The lowest BCUT2D eigenvalue weighted by atomic mass is 9.94. The molecular formula is C30H32N4O3. The van der Waals surface area contributed by atoms with Crippen molar-refractivity contribution in [2.24, 2.45) is 0 Å². The third kappa shape index (κ3) is 5.61. The van der Waals surface area contributed by atoms with Crippen LogP contribution in [0.5, 0.6) is 0 Å². The maximum Gasteiger partial charge on any atom is 0.326 e. The van der Waals surface area contributed by atoms with Crippen molar-refractivity contribution in [1.29, 1.82) is 0 Å². The Bertz CT molecular complexity index is 1360. The molecule has 0 fully saturated rings. The summed E-state index contributed by atoms with van der Waals surface area (Å²) in [7, 11) is 0. The highest BCUT2D eigenvalue weighted by Crippen LogP contribution is 2.27. The van der Waals surface area contributed by atoms with E-state index in [-0.39, 0.29) is 18.8 Å². The fourth-order valence-electron chi connectivity index (χ4n) is 4.32. The number of amides is 1. The molecule has 190 valence electrons. The summed E-state index contributed by atoms with van der Waals surface area (Å²) in [4.78, 5) is 31.6. The van der Waals surface area contributed by atoms with Crippen LogP contribution < -0.4 is 0 Å². The van der Waals surface area contributed by atoms with Crippen LogP contribution in [0.15, 0.2) is 78.9 Å². The molecule has 1 aromatic heterocycles. The first-order valence-corrected chi connectivity index (χ1v) is 12.7. The van der Waals surface area contributed by atoms with Crippen molar-refractivity contribution in [1.82, 2.24) is 19.7 Å². The molecule has 0 saturated heterocycles. The summed E-state index contributed by atoms with van der Waals surface area (Å²) >= 11 is 0. The van der Waals surface area contributed by atoms with Crippen LogP contribution in [0.4, 0.5) is 0 Å². The van der Waals surface area contributed by atoms with E-state index in [4.69, 9.17) is 0 Å². The molecule has 1 atom stereocenters. The molecule has 5 rings (SSSR count). The van der Waals surface area contributed by atoms with Gasteiger partial charge in [0.25, 0.3) is 5.91 Å². The highest BCUT2D eigenvalue weighted by atomic mass is 16.4. The monoisotopic (exact) mass is 496 g/mol. The van der Waals surface area contributed by atoms with Crippen molar-refractivity contribution in [3.8, 4) is 17.1 Å². The average molecular weight is 497 g/mol. The van der Waals surface area contributed by atoms with E-state index in [9.17, 15) is 14.7 Å². The number of aliphatic carboxylic acids is 1. The van der Waals surface area contributed by atoms with Gasteiger partial charge in [0.05, 0.1) is 5.69 Å². The number of aryl methyl sites for hydroxylation is 1. The molecule has 0 spiro atoms. The Kier molecular flexibility index (Phi) is 8.13. The summed E-state index contributed by atoms with van der Waals surface area (Å²) in [6.07, 6.45) is 2.42. The van der Waals surface area contributed by atoms with Crippen LogP contribution in [-0.4, -0.2) is 42.7 Å². The Balaban J connectivity index is 0.00000102. The van der Waals surface area contributed by atoms with Crippen molar-refractivity contribution < 1.29 is 14.7 Å². The molecular weight excluding hydrogens is 464 g/mol. The van der Waals surface area contributed by atoms with Gasteiger partial charge in [-0.2, -0.15) is 0 Å². The van der Waals surface area contributed by atoms with E-state index in [1.54, 1.807) is 4.68 Å². The maximum atomic E-state index is 13.6. The van der Waals surface area contributed by atoms with Gasteiger partial charge < -0.3 is 10.0 Å². The first kappa shape index (κ1) is 25.8. The van der Waals surface area contributed by atoms with Gasteiger partial charge in [-0.15, -0.1) is 5.10 Å². The van der Waals surface area contributed by atoms with Crippen molar-refractivity contribution in [2.45, 2.75) is 52.6 Å². The van der Waals surface area contributed by atoms with Crippen LogP contribution in [0.3, 0.4) is 0 Å². The van der Waals surface area contributed by atoms with Crippen LogP contribution in [0, 0.1) is 0 Å². The summed E-state index contributed by atoms with van der Waals surface area (Å²) in [5.41, 5.74) is 4.66. The predicted molar refractivity (Wildman–Crippen MR) is 144 cm³/mol. The van der Waals surface area contributed by atoms with Crippen molar-refractivity contribution >= 4 is 11.9 Å². The third-order valence-corrected chi connectivity index (χ3v) is 6.21. The zero-order valence-corrected chi connectivity index (χ0v) is 21.5. The Hall–Kier alpha value is -4.26. The summed E-state index contributed by atoms with van der Waals surface area (Å²) < 4.78 is 1.65. The number of aromatic nitrogens is 3. The third-order valence-electron chi connectivity index (χ3n) is 6.21. The number of carboxylic acid groups (broad SMARTS) is 1. The first-order valence-electron chi connectivity index (χ1n) is 12.7. The fourth-order valence-corrected chi connectivity index (χ4v) is 4.32. The van der Waals surface area contributed by atoms with Gasteiger partial charge in [-0.1, -0.05) is 93.9 Å². The Morgan fingerprint density at radius 3 is 2.14 bits per heavy atom. The van der Waals surface area contributed by atoms with Gasteiger partial charge in [-0.3, -0.25) is 4.79 Å². The molecule has 1 aliphatic heterocycles. The number of carbonyl (C=O) groups excluding carboxylic acids is 1. The highest BCUT2D eigenvalue weighted by Gasteiger charge is 2.37. The molecule has 37 heavy (non-hydrogen) atoms. The lowest BCUT2D eigenvalue weighted by molar-refractivity contribution is -0.142. The molecule has 7 heteroatoms. The summed E-state index contributed by atoms with van der Waals surface area (Å²) in [6, 6.07) is 24.1. The zero-order chi connectivity index (χ0) is 26.4. The molecule has 0 saturated carbocycles. The standard InChI is InChI=1S/C27H24N4O3.C3H8/c1-2-18-12-14-22(15-13-18)31-25(19-8-4-3-5-9-19)28-24(29-31)26(32)30-17-21-11-7-6-10-20(21)16-23(30)27(33)34;1-3-2/h3-15,23H,2,16-17H2,1H3,(H,33,34);3H2,1-2H3/t23-;/m0./s1. The number of hydrogen-bond acceptors (Lipinski definition) is 4. The van der Waals surface area contributed by atoms with E-state index in [1.807, 2.05) is 78.9 Å². The maximum absolute atomic E-state index is 13.6. The van der Waals surface area contributed by atoms with Gasteiger partial charge in [0.1, 0.15) is 6.04 Å². The fraction of sp³-hybridized carbons (Fsp3) is 0.267. The molecule has 1 aliphatic rings. The number of carbonyl (C=O) groups is 2. The molecule has 3 aromatic carbocycles. The summed E-state index contributed by atoms with van der Waals surface area (Å²) in [6.45, 7) is 6.54. The molecule has 2 heterocycles. The van der Waals surface area contributed by atoms with Gasteiger partial charge in [-0.25, -0.2) is 14.5 Å². The SMILES string of the molecule is CCC.CCc1ccc(-n2nc(C(=O)N3Cc4ccccc4C[C@H]3C(=O)O)nc2-c2ccccc2)cc1. The molecule has 0 radical (unpaired) electrons. The van der Waals surface area contributed by atoms with Crippen molar-refractivity contribution in [3.05, 3.63) is 101 Å². The second-order valence-electron chi connectivity index (χ2n) is 9.02. The van der Waals surface area contributed by atoms with Crippen LogP contribution in [0.1, 0.15) is 54.5 Å². The molecule has 0 aliphatic carbocycles. The Morgan fingerprint density at radius 1 is 0.892 bits per heavy atom. The second kappa shape index (κ2) is 11.6. The quantitative estimate of drug-likeness (QED) is 0.391. The predicted octanol–water partition coefficient (Wildman–Crippen LogP) is 5.56. The molecule has 7 nitrogen and oxygen atoms in total. The van der Waals surface area contributed by atoms with Crippen LogP contribution in [0.2, 0.25) is 0 Å². The molecule has 0 unspecified atom stereocenters. The largest absolute Gasteiger partial charge is 0.480 e. The van der Waals surface area contributed by atoms with Gasteiger partial charge in [0, 0.05) is 18.5 Å². The zero-order valence-electron chi connectivity index (χ0n) is 21.5. The molecule has 1 amide bonds. The van der Waals surface area contributed by atoms with Crippen LogP contribution in [0.25, 0.3) is 17.1 Å². The number of nitrogens with zero attached hydrogens (tertiary/aromatic N) is 4. The van der Waals surface area contributed by atoms with Crippen LogP contribution in [-0.2, 0) is 24.2 Å². The average Bonchev–Trinajstić information content (AvgIpc) is 3.38. The lowest BCUT2D eigenvalue weighted by Crippen LogP contribution is -2.49. The number of benzene rings is 3. The second-order valence-corrected chi connectivity index (χ2v) is 9.02. The van der Waals surface area contributed by atoms with Crippen molar-refractivity contribution in [2.75, 3.05) is 0 Å². The summed E-state index contributed by atoms with van der Waals surface area (Å²) in [5.74, 6) is -1.04. The normalized spacial score (nSPS) is 14.4. The number of rotatable bonds is 5. The van der Waals surface area contributed by atoms with E-state index in [0.717, 1.165) is 28.8 Å². The van der Waals surface area contributed by atoms with Crippen molar-refractivity contribution in [3.63, 3.8) is 0 Å². The van der Waals surface area contributed by atoms with E-state index < -0.39 is 17.9 Å². The number of fused-ring (bicyclic) bond motifs is 1. The van der Waals surface area contributed by atoms with Gasteiger partial charge in [-0.05, 0) is 35.2 Å². The Morgan fingerprint density at radius 2 is 1.51 bits per heavy atom. The summed E-state index contributed by atoms with van der Waals surface area (Å²) in [5, 5.41) is 14.4. The minimum Gasteiger partial charge on any atom is -0.480 e. The van der Waals surface area contributed by atoms with Gasteiger partial charge in [0.15, 0.2) is 5.82 Å². The molecule has 4 aromatic rings. The molecule has 1 N–H and O–H groups in total.